The van der Waals surface area contributed by atoms with Gasteiger partial charge in [-0.1, -0.05) is 28.1 Å². The summed E-state index contributed by atoms with van der Waals surface area (Å²) >= 11 is 3.55. The maximum Gasteiger partial charge on any atom is 0.134 e. The Balaban J connectivity index is 2.27. The van der Waals surface area contributed by atoms with E-state index in [1.807, 2.05) is 25.2 Å². The summed E-state index contributed by atoms with van der Waals surface area (Å²) in [5.74, 6) is 1.96. The molecule has 2 nitrogen and oxygen atoms in total. The normalized spacial score (nSPS) is 12.7. The van der Waals surface area contributed by atoms with Gasteiger partial charge in [0.25, 0.3) is 0 Å². The lowest BCUT2D eigenvalue weighted by Gasteiger charge is -2.07. The second kappa shape index (κ2) is 5.72. The van der Waals surface area contributed by atoms with E-state index in [0.29, 0.717) is 6.04 Å². The fourth-order valence-electron chi connectivity index (χ4n) is 1.91. The molecule has 2 aromatic rings. The van der Waals surface area contributed by atoms with E-state index in [4.69, 9.17) is 4.42 Å². The molecule has 18 heavy (non-hydrogen) atoms. The SMILES string of the molecule is CNC(C)Cc1ccc(-c2cccc(Br)c2C)o1. The van der Waals surface area contributed by atoms with Crippen molar-refractivity contribution in [1.29, 1.82) is 0 Å². The molecule has 0 saturated carbocycles. The number of furan rings is 1. The summed E-state index contributed by atoms with van der Waals surface area (Å²) in [5.41, 5.74) is 2.35. The number of nitrogens with one attached hydrogen (secondary N) is 1. The fraction of sp³-hybridized carbons (Fsp3) is 0.333. The van der Waals surface area contributed by atoms with Gasteiger partial charge in [0.05, 0.1) is 0 Å². The van der Waals surface area contributed by atoms with Crippen molar-refractivity contribution < 1.29 is 4.42 Å². The van der Waals surface area contributed by atoms with Gasteiger partial charge in [0.1, 0.15) is 11.5 Å². The molecule has 1 aromatic carbocycles. The molecular weight excluding hydrogens is 290 g/mol. The molecular formula is C15H18BrNO. The predicted octanol–water partition coefficient (Wildman–Crippen LogP) is 4.17. The van der Waals surface area contributed by atoms with Gasteiger partial charge in [0.15, 0.2) is 0 Å². The van der Waals surface area contributed by atoms with Crippen LogP contribution >= 0.6 is 15.9 Å². The first kappa shape index (κ1) is 13.4. The van der Waals surface area contributed by atoms with Gasteiger partial charge in [-0.15, -0.1) is 0 Å². The number of hydrogen-bond donors (Lipinski definition) is 1. The Morgan fingerprint density at radius 1 is 1.28 bits per heavy atom. The van der Waals surface area contributed by atoms with Gasteiger partial charge in [0.2, 0.25) is 0 Å². The number of benzene rings is 1. The molecule has 1 unspecified atom stereocenters. The number of halogens is 1. The molecule has 0 amide bonds. The van der Waals surface area contributed by atoms with Crippen molar-refractivity contribution in [3.05, 3.63) is 46.1 Å². The lowest BCUT2D eigenvalue weighted by Crippen LogP contribution is -2.23. The molecule has 1 atom stereocenters. The van der Waals surface area contributed by atoms with Crippen LogP contribution in [-0.4, -0.2) is 13.1 Å². The van der Waals surface area contributed by atoms with Gasteiger partial charge in [-0.3, -0.25) is 0 Å². The van der Waals surface area contributed by atoms with E-state index in [1.54, 1.807) is 0 Å². The van der Waals surface area contributed by atoms with Crippen LogP contribution < -0.4 is 5.32 Å². The first-order valence-corrected chi connectivity index (χ1v) is 6.92. The van der Waals surface area contributed by atoms with Crippen molar-refractivity contribution >= 4 is 15.9 Å². The minimum absolute atomic E-state index is 0.424. The maximum absolute atomic E-state index is 5.92. The molecule has 0 spiro atoms. The first-order chi connectivity index (χ1) is 8.61. The minimum atomic E-state index is 0.424. The average molecular weight is 308 g/mol. The lowest BCUT2D eigenvalue weighted by molar-refractivity contribution is 0.481. The van der Waals surface area contributed by atoms with Crippen molar-refractivity contribution in [2.45, 2.75) is 26.3 Å². The number of likely N-dealkylation sites (N-methyl/N-ethyl adjacent to an activating group) is 1. The monoisotopic (exact) mass is 307 g/mol. The van der Waals surface area contributed by atoms with E-state index in [9.17, 15) is 0 Å². The van der Waals surface area contributed by atoms with Crippen LogP contribution in [0.5, 0.6) is 0 Å². The Hall–Kier alpha value is -1.06. The van der Waals surface area contributed by atoms with E-state index in [1.165, 1.54) is 5.56 Å². The molecule has 0 aliphatic carbocycles. The van der Waals surface area contributed by atoms with E-state index in [-0.39, 0.29) is 0 Å². The highest BCUT2D eigenvalue weighted by molar-refractivity contribution is 9.10. The van der Waals surface area contributed by atoms with Gasteiger partial charge in [0, 0.05) is 22.5 Å². The highest BCUT2D eigenvalue weighted by Gasteiger charge is 2.10. The first-order valence-electron chi connectivity index (χ1n) is 6.13. The third-order valence-corrected chi connectivity index (χ3v) is 4.05. The summed E-state index contributed by atoms with van der Waals surface area (Å²) in [5, 5.41) is 3.22. The summed E-state index contributed by atoms with van der Waals surface area (Å²) in [6, 6.07) is 10.7. The molecule has 1 N–H and O–H groups in total. The van der Waals surface area contributed by atoms with Crippen LogP contribution in [-0.2, 0) is 6.42 Å². The third-order valence-electron chi connectivity index (χ3n) is 3.19. The van der Waals surface area contributed by atoms with Crippen LogP contribution in [0.3, 0.4) is 0 Å². The smallest absolute Gasteiger partial charge is 0.134 e. The second-order valence-electron chi connectivity index (χ2n) is 4.57. The van der Waals surface area contributed by atoms with Crippen LogP contribution in [0.1, 0.15) is 18.2 Å². The van der Waals surface area contributed by atoms with Gasteiger partial charge < -0.3 is 9.73 Å². The van der Waals surface area contributed by atoms with Crippen LogP contribution in [0, 0.1) is 6.92 Å². The van der Waals surface area contributed by atoms with E-state index >= 15 is 0 Å². The fourth-order valence-corrected chi connectivity index (χ4v) is 2.28. The highest BCUT2D eigenvalue weighted by atomic mass is 79.9. The van der Waals surface area contributed by atoms with Crippen molar-refractivity contribution in [3.8, 4) is 11.3 Å². The Kier molecular flexibility index (Phi) is 4.25. The molecule has 0 aliphatic heterocycles. The molecule has 1 heterocycles. The molecule has 0 radical (unpaired) electrons. The molecule has 96 valence electrons. The zero-order valence-corrected chi connectivity index (χ0v) is 12.5. The minimum Gasteiger partial charge on any atom is -0.461 e. The van der Waals surface area contributed by atoms with Crippen LogP contribution in [0.2, 0.25) is 0 Å². The Labute approximate surface area is 117 Å². The molecule has 0 fully saturated rings. The molecule has 3 heteroatoms. The molecule has 2 rings (SSSR count). The second-order valence-corrected chi connectivity index (χ2v) is 5.43. The predicted molar refractivity (Wildman–Crippen MR) is 78.8 cm³/mol. The Bertz CT molecular complexity index is 533. The van der Waals surface area contributed by atoms with Gasteiger partial charge in [-0.2, -0.15) is 0 Å². The molecule has 1 aromatic heterocycles. The van der Waals surface area contributed by atoms with Crippen molar-refractivity contribution in [3.63, 3.8) is 0 Å². The van der Waals surface area contributed by atoms with Gasteiger partial charge >= 0.3 is 0 Å². The van der Waals surface area contributed by atoms with Crippen molar-refractivity contribution in [2.75, 3.05) is 7.05 Å². The summed E-state index contributed by atoms with van der Waals surface area (Å²) < 4.78 is 7.03. The number of rotatable bonds is 4. The van der Waals surface area contributed by atoms with Gasteiger partial charge in [-0.05, 0) is 44.7 Å². The Morgan fingerprint density at radius 3 is 2.78 bits per heavy atom. The molecule has 0 aliphatic rings. The highest BCUT2D eigenvalue weighted by Crippen LogP contribution is 2.30. The van der Waals surface area contributed by atoms with E-state index < -0.39 is 0 Å². The van der Waals surface area contributed by atoms with Crippen LogP contribution in [0.15, 0.2) is 39.2 Å². The third kappa shape index (κ3) is 2.85. The summed E-state index contributed by atoms with van der Waals surface area (Å²) in [6.45, 7) is 4.24. The Morgan fingerprint density at radius 2 is 2.06 bits per heavy atom. The largest absolute Gasteiger partial charge is 0.461 e. The van der Waals surface area contributed by atoms with Gasteiger partial charge in [-0.25, -0.2) is 0 Å². The standard InChI is InChI=1S/C15H18BrNO/c1-10(17-3)9-12-7-8-15(18-12)13-5-4-6-14(16)11(13)2/h4-8,10,17H,9H2,1-3H3. The van der Waals surface area contributed by atoms with E-state index in [2.05, 4.69) is 47.2 Å². The summed E-state index contributed by atoms with van der Waals surface area (Å²) in [4.78, 5) is 0. The molecule has 0 saturated heterocycles. The average Bonchev–Trinajstić information content (AvgIpc) is 2.80. The van der Waals surface area contributed by atoms with Crippen molar-refractivity contribution in [1.82, 2.24) is 5.32 Å². The topological polar surface area (TPSA) is 25.2 Å². The van der Waals surface area contributed by atoms with Crippen LogP contribution in [0.25, 0.3) is 11.3 Å². The number of hydrogen-bond acceptors (Lipinski definition) is 2. The van der Waals surface area contributed by atoms with Crippen molar-refractivity contribution in [2.24, 2.45) is 0 Å². The summed E-state index contributed by atoms with van der Waals surface area (Å²) in [7, 11) is 1.97. The quantitative estimate of drug-likeness (QED) is 0.917. The molecule has 0 bridgehead atoms. The van der Waals surface area contributed by atoms with E-state index in [0.717, 1.165) is 28.0 Å². The lowest BCUT2D eigenvalue weighted by atomic mass is 10.1. The maximum atomic E-state index is 5.92. The zero-order chi connectivity index (χ0) is 13.1. The summed E-state index contributed by atoms with van der Waals surface area (Å²) in [6.07, 6.45) is 0.906. The van der Waals surface area contributed by atoms with Crippen LogP contribution in [0.4, 0.5) is 0 Å². The zero-order valence-electron chi connectivity index (χ0n) is 11.0.